The van der Waals surface area contributed by atoms with Crippen molar-refractivity contribution in [2.75, 3.05) is 4.90 Å². The maximum absolute atomic E-state index is 14.0. The van der Waals surface area contributed by atoms with Crippen LogP contribution < -0.4 is 4.90 Å². The number of aromatic nitrogens is 6. The third-order valence-electron chi connectivity index (χ3n) is 5.62. The Morgan fingerprint density at radius 2 is 1.37 bits per heavy atom. The van der Waals surface area contributed by atoms with Gasteiger partial charge in [0.2, 0.25) is 5.95 Å². The Morgan fingerprint density at radius 1 is 0.829 bits per heavy atom. The van der Waals surface area contributed by atoms with E-state index in [-0.39, 0.29) is 17.3 Å². The highest BCUT2D eigenvalue weighted by Gasteiger charge is 2.36. The van der Waals surface area contributed by atoms with Crippen LogP contribution in [-0.4, -0.2) is 40.9 Å². The van der Waals surface area contributed by atoms with Crippen molar-refractivity contribution in [2.24, 2.45) is 14.1 Å². The summed E-state index contributed by atoms with van der Waals surface area (Å²) in [7, 11) is 3.29. The second-order valence-corrected chi connectivity index (χ2v) is 9.56. The van der Waals surface area contributed by atoms with E-state index in [9.17, 15) is 9.59 Å². The lowest BCUT2D eigenvalue weighted by Crippen LogP contribution is -2.41. The molecule has 0 aliphatic carbocycles. The van der Waals surface area contributed by atoms with Gasteiger partial charge in [-0.25, -0.2) is 9.88 Å². The minimum Gasteiger partial charge on any atom is -0.305 e. The SMILES string of the molecule is Cn1ncc(Br)c1C(=O)N(C(=O)c1c(Br)cnn1C)c1nc2ccccc2n1Cc1ccccc1. The van der Waals surface area contributed by atoms with Crippen molar-refractivity contribution in [3.63, 3.8) is 0 Å². The molecule has 11 heteroatoms. The Hall–Kier alpha value is -3.57. The molecule has 0 bridgehead atoms. The largest absolute Gasteiger partial charge is 0.305 e. The summed E-state index contributed by atoms with van der Waals surface area (Å²) in [5.74, 6) is -0.939. The lowest BCUT2D eigenvalue weighted by atomic mass is 10.2. The van der Waals surface area contributed by atoms with Crippen LogP contribution in [0.25, 0.3) is 11.0 Å². The smallest absolute Gasteiger partial charge is 0.287 e. The van der Waals surface area contributed by atoms with E-state index in [4.69, 9.17) is 4.98 Å². The lowest BCUT2D eigenvalue weighted by Gasteiger charge is -2.22. The second kappa shape index (κ2) is 9.23. The van der Waals surface area contributed by atoms with Crippen LogP contribution in [0.4, 0.5) is 5.95 Å². The van der Waals surface area contributed by atoms with E-state index in [2.05, 4.69) is 42.1 Å². The quantitative estimate of drug-likeness (QED) is 0.277. The van der Waals surface area contributed by atoms with Crippen LogP contribution in [0, 0.1) is 0 Å². The molecule has 5 aromatic rings. The first kappa shape index (κ1) is 23.2. The fourth-order valence-corrected chi connectivity index (χ4v) is 4.98. The fourth-order valence-electron chi connectivity index (χ4n) is 3.94. The average molecular weight is 597 g/mol. The highest BCUT2D eigenvalue weighted by atomic mass is 79.9. The van der Waals surface area contributed by atoms with Crippen molar-refractivity contribution in [3.05, 3.63) is 92.9 Å². The number of fused-ring (bicyclic) bond motifs is 1. The number of hydrogen-bond acceptors (Lipinski definition) is 5. The maximum Gasteiger partial charge on any atom is 0.287 e. The number of hydrogen-bond donors (Lipinski definition) is 0. The normalized spacial score (nSPS) is 11.2. The molecule has 0 unspecified atom stereocenters. The van der Waals surface area contributed by atoms with Gasteiger partial charge in [-0.1, -0.05) is 42.5 Å². The van der Waals surface area contributed by atoms with Crippen LogP contribution in [0.2, 0.25) is 0 Å². The summed E-state index contributed by atoms with van der Waals surface area (Å²) >= 11 is 6.79. The molecule has 0 saturated heterocycles. The van der Waals surface area contributed by atoms with Gasteiger partial charge in [0.25, 0.3) is 11.8 Å². The molecule has 5 rings (SSSR count). The number of rotatable bonds is 5. The van der Waals surface area contributed by atoms with E-state index < -0.39 is 11.8 Å². The molecule has 0 saturated carbocycles. The summed E-state index contributed by atoms with van der Waals surface area (Å²) in [5, 5.41) is 8.32. The lowest BCUT2D eigenvalue weighted by molar-refractivity contribution is 0.0883. The predicted molar refractivity (Wildman–Crippen MR) is 138 cm³/mol. The number of nitrogens with zero attached hydrogens (tertiary/aromatic N) is 7. The van der Waals surface area contributed by atoms with Crippen LogP contribution in [0.1, 0.15) is 26.5 Å². The minimum absolute atomic E-state index is 0.200. The first-order chi connectivity index (χ1) is 16.9. The average Bonchev–Trinajstić information content (AvgIpc) is 3.49. The first-order valence-corrected chi connectivity index (χ1v) is 12.2. The van der Waals surface area contributed by atoms with Gasteiger partial charge in [-0.15, -0.1) is 0 Å². The highest BCUT2D eigenvalue weighted by Crippen LogP contribution is 2.29. The second-order valence-electron chi connectivity index (χ2n) is 7.85. The Balaban J connectivity index is 1.75. The number of aryl methyl sites for hydroxylation is 2. The molecule has 0 spiro atoms. The number of para-hydroxylation sites is 2. The first-order valence-electron chi connectivity index (χ1n) is 10.6. The summed E-state index contributed by atoms with van der Waals surface area (Å²) in [6, 6.07) is 17.4. The topological polar surface area (TPSA) is 90.8 Å². The Morgan fingerprint density at radius 3 is 1.91 bits per heavy atom. The van der Waals surface area contributed by atoms with E-state index in [1.165, 1.54) is 21.8 Å². The van der Waals surface area contributed by atoms with Gasteiger partial charge in [0, 0.05) is 14.1 Å². The number of carbonyl (C=O) groups is 2. The third-order valence-corrected chi connectivity index (χ3v) is 6.78. The number of imidazole rings is 1. The molecule has 0 atom stereocenters. The van der Waals surface area contributed by atoms with E-state index >= 15 is 0 Å². The molecule has 2 aromatic carbocycles. The molecular formula is C24H19Br2N7O2. The van der Waals surface area contributed by atoms with E-state index in [1.54, 1.807) is 14.1 Å². The van der Waals surface area contributed by atoms with Gasteiger partial charge in [0.05, 0.1) is 38.9 Å². The van der Waals surface area contributed by atoms with Crippen LogP contribution in [0.5, 0.6) is 0 Å². The van der Waals surface area contributed by atoms with Crippen LogP contribution in [0.15, 0.2) is 75.9 Å². The van der Waals surface area contributed by atoms with Crippen LogP contribution in [-0.2, 0) is 20.6 Å². The van der Waals surface area contributed by atoms with Gasteiger partial charge in [-0.2, -0.15) is 10.2 Å². The number of imide groups is 1. The Bertz CT molecular complexity index is 1470. The number of amides is 2. The van der Waals surface area contributed by atoms with E-state index in [1.807, 2.05) is 59.2 Å². The molecular weight excluding hydrogens is 578 g/mol. The van der Waals surface area contributed by atoms with Gasteiger partial charge in [-0.3, -0.25) is 19.0 Å². The summed E-state index contributed by atoms with van der Waals surface area (Å²) in [4.78, 5) is 33.8. The van der Waals surface area contributed by atoms with E-state index in [0.717, 1.165) is 16.0 Å². The van der Waals surface area contributed by atoms with Gasteiger partial charge in [0.1, 0.15) is 11.4 Å². The van der Waals surface area contributed by atoms with Gasteiger partial charge >= 0.3 is 0 Å². The number of halogens is 2. The Labute approximate surface area is 217 Å². The zero-order chi connectivity index (χ0) is 24.7. The summed E-state index contributed by atoms with van der Waals surface area (Å²) in [6.45, 7) is 0.410. The zero-order valence-corrected chi connectivity index (χ0v) is 21.9. The van der Waals surface area contributed by atoms with Crippen molar-refractivity contribution < 1.29 is 9.59 Å². The van der Waals surface area contributed by atoms with Crippen LogP contribution in [0.3, 0.4) is 0 Å². The fraction of sp³-hybridized carbons (Fsp3) is 0.125. The Kier molecular flexibility index (Phi) is 6.12. The summed E-state index contributed by atoms with van der Waals surface area (Å²) < 4.78 is 5.66. The van der Waals surface area contributed by atoms with Gasteiger partial charge in [0.15, 0.2) is 0 Å². The van der Waals surface area contributed by atoms with Crippen molar-refractivity contribution in [1.82, 2.24) is 29.1 Å². The molecule has 0 aliphatic rings. The van der Waals surface area contributed by atoms with Gasteiger partial charge in [-0.05, 0) is 49.6 Å². The van der Waals surface area contributed by atoms with Crippen LogP contribution >= 0.6 is 31.9 Å². The van der Waals surface area contributed by atoms with Crippen molar-refractivity contribution >= 4 is 60.7 Å². The molecule has 3 aromatic heterocycles. The highest BCUT2D eigenvalue weighted by molar-refractivity contribution is 9.10. The summed E-state index contributed by atoms with van der Waals surface area (Å²) in [5.41, 5.74) is 2.90. The molecule has 0 aliphatic heterocycles. The van der Waals surface area contributed by atoms with E-state index in [0.29, 0.717) is 21.0 Å². The van der Waals surface area contributed by atoms with Gasteiger partial charge < -0.3 is 4.57 Å². The third kappa shape index (κ3) is 4.10. The standard InChI is InChI=1S/C24H19Br2N7O2/c1-30-20(16(25)12-27-30)22(34)33(23(35)21-17(26)13-28-31(21)2)24-29-18-10-6-7-11-19(18)32(24)14-15-8-4-3-5-9-15/h3-13H,14H2,1-2H3. The summed E-state index contributed by atoms with van der Waals surface area (Å²) in [6.07, 6.45) is 3.03. The monoisotopic (exact) mass is 595 g/mol. The van der Waals surface area contributed by atoms with Crippen molar-refractivity contribution in [2.45, 2.75) is 6.54 Å². The molecule has 3 heterocycles. The molecule has 9 nitrogen and oxygen atoms in total. The predicted octanol–water partition coefficient (Wildman–Crippen LogP) is 4.56. The molecule has 176 valence electrons. The van der Waals surface area contributed by atoms with Crippen molar-refractivity contribution in [3.8, 4) is 0 Å². The number of benzene rings is 2. The molecule has 0 radical (unpaired) electrons. The number of anilines is 1. The zero-order valence-electron chi connectivity index (χ0n) is 18.8. The maximum atomic E-state index is 14.0. The van der Waals surface area contributed by atoms with Crippen molar-refractivity contribution in [1.29, 1.82) is 0 Å². The minimum atomic E-state index is -0.570. The molecule has 2 amide bonds. The number of carbonyl (C=O) groups excluding carboxylic acids is 2. The molecule has 0 N–H and O–H groups in total. The molecule has 35 heavy (non-hydrogen) atoms. The molecule has 0 fully saturated rings.